The molecule has 2 rings (SSSR count). The zero-order chi connectivity index (χ0) is 19.8. The van der Waals surface area contributed by atoms with Crippen LogP contribution in [-0.4, -0.2) is 34.6 Å². The number of alkyl halides is 3. The quantitative estimate of drug-likeness (QED) is 0.818. The van der Waals surface area contributed by atoms with Crippen molar-refractivity contribution in [2.24, 2.45) is 0 Å². The fraction of sp³-hybridized carbons (Fsp3) is 0.556. The summed E-state index contributed by atoms with van der Waals surface area (Å²) < 4.78 is 45.0. The first-order valence-electron chi connectivity index (χ1n) is 8.24. The van der Waals surface area contributed by atoms with Crippen LogP contribution >= 0.6 is 0 Å². The summed E-state index contributed by atoms with van der Waals surface area (Å²) in [5.74, 6) is -1.59. The standard InChI is InChI=1S/C18H22F3NO4/c1-16(2,3)26-15(25)22-10-6-9-17(22,14(23)24)11-12-7-4-5-8-13(12)18(19,20)21/h4-5,7-8H,6,9-11H2,1-3H3,(H,23,24)/p-1/t17-/m1/s1. The number of hydrogen-bond acceptors (Lipinski definition) is 4. The molecular weight excluding hydrogens is 351 g/mol. The average Bonchev–Trinajstić information content (AvgIpc) is 2.90. The minimum absolute atomic E-state index is 0.000762. The van der Waals surface area contributed by atoms with Crippen LogP contribution in [0.2, 0.25) is 0 Å². The Kier molecular flexibility index (Phi) is 5.26. The number of halogens is 3. The normalized spacial score (nSPS) is 20.9. The average molecular weight is 372 g/mol. The number of benzene rings is 1. The summed E-state index contributed by atoms with van der Waals surface area (Å²) in [6.45, 7) is 4.96. The lowest BCUT2D eigenvalue weighted by Crippen LogP contribution is -2.60. The maximum Gasteiger partial charge on any atom is 0.416 e. The van der Waals surface area contributed by atoms with Crippen LogP contribution in [0.4, 0.5) is 18.0 Å². The number of ether oxygens (including phenoxy) is 1. The summed E-state index contributed by atoms with van der Waals surface area (Å²) in [5, 5.41) is 11.9. The predicted molar refractivity (Wildman–Crippen MR) is 85.1 cm³/mol. The molecule has 1 aliphatic heterocycles. The molecular formula is C18H21F3NO4-. The van der Waals surface area contributed by atoms with Crippen molar-refractivity contribution >= 4 is 12.1 Å². The van der Waals surface area contributed by atoms with E-state index in [0.29, 0.717) is 6.42 Å². The van der Waals surface area contributed by atoms with Crippen molar-refractivity contribution in [1.29, 1.82) is 0 Å². The van der Waals surface area contributed by atoms with Gasteiger partial charge in [0.25, 0.3) is 0 Å². The van der Waals surface area contributed by atoms with Gasteiger partial charge >= 0.3 is 12.3 Å². The molecule has 0 bridgehead atoms. The predicted octanol–water partition coefficient (Wildman–Crippen LogP) is 2.77. The first-order valence-corrected chi connectivity index (χ1v) is 8.24. The van der Waals surface area contributed by atoms with Crippen LogP contribution in [0.15, 0.2) is 24.3 Å². The number of aliphatic carboxylic acids is 1. The second-order valence-electron chi connectivity index (χ2n) is 7.39. The van der Waals surface area contributed by atoms with Gasteiger partial charge in [-0.15, -0.1) is 0 Å². The Balaban J connectivity index is 2.42. The highest BCUT2D eigenvalue weighted by Gasteiger charge is 2.48. The van der Waals surface area contributed by atoms with Gasteiger partial charge in [0, 0.05) is 13.0 Å². The van der Waals surface area contributed by atoms with Crippen molar-refractivity contribution in [2.45, 2.75) is 57.3 Å². The fourth-order valence-corrected chi connectivity index (χ4v) is 3.20. The van der Waals surface area contributed by atoms with Crippen molar-refractivity contribution in [3.63, 3.8) is 0 Å². The molecule has 1 saturated heterocycles. The lowest BCUT2D eigenvalue weighted by molar-refractivity contribution is -0.317. The molecule has 1 fully saturated rings. The van der Waals surface area contributed by atoms with E-state index < -0.39 is 41.4 Å². The van der Waals surface area contributed by atoms with Gasteiger partial charge < -0.3 is 14.6 Å². The SMILES string of the molecule is CC(C)(C)OC(=O)N1CCC[C@@]1(Cc1ccccc1C(F)(F)F)C(=O)[O-]. The number of amides is 1. The van der Waals surface area contributed by atoms with Gasteiger partial charge in [-0.3, -0.25) is 4.90 Å². The highest BCUT2D eigenvalue weighted by atomic mass is 19.4. The molecule has 0 N–H and O–H groups in total. The van der Waals surface area contributed by atoms with Crippen LogP contribution in [0, 0.1) is 0 Å². The van der Waals surface area contributed by atoms with Gasteiger partial charge in [0.2, 0.25) is 0 Å². The van der Waals surface area contributed by atoms with Gasteiger partial charge in [0.1, 0.15) is 5.60 Å². The van der Waals surface area contributed by atoms with Crippen molar-refractivity contribution in [3.8, 4) is 0 Å². The largest absolute Gasteiger partial charge is 0.548 e. The Labute approximate surface area is 149 Å². The number of likely N-dealkylation sites (tertiary alicyclic amines) is 1. The minimum atomic E-state index is -4.63. The third-order valence-corrected chi connectivity index (χ3v) is 4.29. The van der Waals surface area contributed by atoms with Crippen LogP contribution < -0.4 is 5.11 Å². The third kappa shape index (κ3) is 4.11. The summed E-state index contributed by atoms with van der Waals surface area (Å²) in [5.41, 5.74) is -3.85. The smallest absolute Gasteiger partial charge is 0.416 e. The van der Waals surface area contributed by atoms with E-state index in [4.69, 9.17) is 4.74 Å². The molecule has 0 aromatic heterocycles. The van der Waals surface area contributed by atoms with E-state index in [1.54, 1.807) is 20.8 Å². The second kappa shape index (κ2) is 6.81. The number of carbonyl (C=O) groups is 2. The fourth-order valence-electron chi connectivity index (χ4n) is 3.20. The van der Waals surface area contributed by atoms with Gasteiger partial charge in [-0.1, -0.05) is 18.2 Å². The molecule has 1 atom stereocenters. The number of nitrogens with zero attached hydrogens (tertiary/aromatic N) is 1. The monoisotopic (exact) mass is 372 g/mol. The second-order valence-corrected chi connectivity index (χ2v) is 7.39. The first kappa shape index (κ1) is 20.1. The Morgan fingerprint density at radius 2 is 1.85 bits per heavy atom. The number of carboxylic acid groups (broad SMARTS) is 1. The Hall–Kier alpha value is -2.25. The number of carbonyl (C=O) groups excluding carboxylic acids is 2. The van der Waals surface area contributed by atoms with Gasteiger partial charge in [-0.25, -0.2) is 4.79 Å². The highest BCUT2D eigenvalue weighted by molar-refractivity contribution is 5.84. The molecule has 5 nitrogen and oxygen atoms in total. The number of hydrogen-bond donors (Lipinski definition) is 0. The lowest BCUT2D eigenvalue weighted by atomic mass is 9.86. The Morgan fingerprint density at radius 3 is 2.38 bits per heavy atom. The van der Waals surface area contributed by atoms with Crippen LogP contribution in [-0.2, 0) is 22.1 Å². The van der Waals surface area contributed by atoms with Gasteiger partial charge in [-0.05, 0) is 45.2 Å². The first-order chi connectivity index (χ1) is 11.9. The third-order valence-electron chi connectivity index (χ3n) is 4.29. The van der Waals surface area contributed by atoms with Gasteiger partial charge in [0.15, 0.2) is 0 Å². The summed E-state index contributed by atoms with van der Waals surface area (Å²) in [6, 6.07) is 4.75. The highest BCUT2D eigenvalue weighted by Crippen LogP contribution is 2.38. The zero-order valence-corrected chi connectivity index (χ0v) is 14.9. The van der Waals surface area contributed by atoms with Crippen molar-refractivity contribution < 1.29 is 32.6 Å². The molecule has 1 amide bonds. The van der Waals surface area contributed by atoms with Crippen LogP contribution in [0.3, 0.4) is 0 Å². The summed E-state index contributed by atoms with van der Waals surface area (Å²) in [4.78, 5) is 25.4. The van der Waals surface area contributed by atoms with E-state index in [1.165, 1.54) is 18.2 Å². The van der Waals surface area contributed by atoms with Crippen LogP contribution in [0.25, 0.3) is 0 Å². The van der Waals surface area contributed by atoms with E-state index in [2.05, 4.69) is 0 Å². The molecule has 0 saturated carbocycles. The number of carboxylic acids is 1. The maximum atomic E-state index is 13.3. The van der Waals surface area contributed by atoms with E-state index in [-0.39, 0.29) is 18.5 Å². The zero-order valence-electron chi connectivity index (χ0n) is 14.9. The van der Waals surface area contributed by atoms with Crippen molar-refractivity contribution in [2.75, 3.05) is 6.54 Å². The van der Waals surface area contributed by atoms with E-state index in [0.717, 1.165) is 11.0 Å². The molecule has 0 aliphatic carbocycles. The van der Waals surface area contributed by atoms with Crippen molar-refractivity contribution in [3.05, 3.63) is 35.4 Å². The maximum absolute atomic E-state index is 13.3. The summed E-state index contributed by atoms with van der Waals surface area (Å²) >= 11 is 0. The summed E-state index contributed by atoms with van der Waals surface area (Å²) in [6.07, 6.45) is -5.66. The molecule has 26 heavy (non-hydrogen) atoms. The molecule has 144 valence electrons. The molecule has 1 heterocycles. The van der Waals surface area contributed by atoms with E-state index in [1.807, 2.05) is 0 Å². The molecule has 0 radical (unpaired) electrons. The number of rotatable bonds is 3. The van der Waals surface area contributed by atoms with E-state index >= 15 is 0 Å². The molecule has 8 heteroatoms. The molecule has 0 spiro atoms. The topological polar surface area (TPSA) is 69.7 Å². The van der Waals surface area contributed by atoms with Gasteiger partial charge in [-0.2, -0.15) is 13.2 Å². The van der Waals surface area contributed by atoms with Gasteiger partial charge in [0.05, 0.1) is 17.1 Å². The Morgan fingerprint density at radius 1 is 1.23 bits per heavy atom. The van der Waals surface area contributed by atoms with Crippen LogP contribution in [0.5, 0.6) is 0 Å². The minimum Gasteiger partial charge on any atom is -0.548 e. The lowest BCUT2D eigenvalue weighted by Gasteiger charge is -2.40. The van der Waals surface area contributed by atoms with E-state index in [9.17, 15) is 27.9 Å². The summed E-state index contributed by atoms with van der Waals surface area (Å²) in [7, 11) is 0. The van der Waals surface area contributed by atoms with Crippen molar-refractivity contribution in [1.82, 2.24) is 4.90 Å². The molecule has 1 aliphatic rings. The molecule has 0 unspecified atom stereocenters. The van der Waals surface area contributed by atoms with Crippen LogP contribution in [0.1, 0.15) is 44.7 Å². The Bertz CT molecular complexity index is 696. The molecule has 1 aromatic carbocycles. The molecule has 1 aromatic rings.